The number of nitrogens with zero attached hydrogens (tertiary/aromatic N) is 2. The maximum absolute atomic E-state index is 11.7. The molecule has 3 rings (SSSR count). The summed E-state index contributed by atoms with van der Waals surface area (Å²) in [4.78, 5) is 14.8. The SMILES string of the molecule is CCOC(=O)c1cc2cc(-c3cnn(CC)c3)ccc2[nH]1. The van der Waals surface area contributed by atoms with Crippen LogP contribution in [0.1, 0.15) is 24.3 Å². The maximum atomic E-state index is 11.7. The highest BCUT2D eigenvalue weighted by atomic mass is 16.5. The highest BCUT2D eigenvalue weighted by Crippen LogP contribution is 2.25. The molecule has 2 heterocycles. The number of benzene rings is 1. The van der Waals surface area contributed by atoms with Gasteiger partial charge in [-0.05, 0) is 37.6 Å². The van der Waals surface area contributed by atoms with Crippen molar-refractivity contribution in [1.29, 1.82) is 0 Å². The number of ether oxygens (including phenoxy) is 1. The van der Waals surface area contributed by atoms with Crippen molar-refractivity contribution in [2.45, 2.75) is 20.4 Å². The Bertz CT molecular complexity index is 786. The van der Waals surface area contributed by atoms with E-state index in [1.807, 2.05) is 41.3 Å². The zero-order chi connectivity index (χ0) is 14.8. The largest absolute Gasteiger partial charge is 0.461 e. The van der Waals surface area contributed by atoms with Gasteiger partial charge in [-0.1, -0.05) is 6.07 Å². The molecule has 0 radical (unpaired) electrons. The number of aromatic amines is 1. The molecule has 0 amide bonds. The van der Waals surface area contributed by atoms with Gasteiger partial charge < -0.3 is 9.72 Å². The summed E-state index contributed by atoms with van der Waals surface area (Å²) in [5, 5.41) is 5.27. The first kappa shape index (κ1) is 13.4. The van der Waals surface area contributed by atoms with E-state index in [0.29, 0.717) is 12.3 Å². The van der Waals surface area contributed by atoms with E-state index in [0.717, 1.165) is 28.6 Å². The normalized spacial score (nSPS) is 11.0. The van der Waals surface area contributed by atoms with Crippen molar-refractivity contribution in [3.8, 4) is 11.1 Å². The number of esters is 1. The molecule has 5 nitrogen and oxygen atoms in total. The third kappa shape index (κ3) is 2.54. The molecule has 0 aliphatic rings. The lowest BCUT2D eigenvalue weighted by Crippen LogP contribution is -2.04. The van der Waals surface area contributed by atoms with Gasteiger partial charge in [-0.3, -0.25) is 4.68 Å². The van der Waals surface area contributed by atoms with E-state index in [9.17, 15) is 4.79 Å². The van der Waals surface area contributed by atoms with Crippen LogP contribution in [-0.4, -0.2) is 27.3 Å². The fourth-order valence-electron chi connectivity index (χ4n) is 2.32. The summed E-state index contributed by atoms with van der Waals surface area (Å²) in [5.74, 6) is -0.325. The molecule has 1 aromatic carbocycles. The zero-order valence-corrected chi connectivity index (χ0v) is 12.1. The van der Waals surface area contributed by atoms with Crippen molar-refractivity contribution in [3.05, 3.63) is 42.4 Å². The number of nitrogens with one attached hydrogen (secondary N) is 1. The Morgan fingerprint density at radius 3 is 2.86 bits per heavy atom. The van der Waals surface area contributed by atoms with Crippen molar-refractivity contribution in [1.82, 2.24) is 14.8 Å². The van der Waals surface area contributed by atoms with Crippen LogP contribution in [0.5, 0.6) is 0 Å². The van der Waals surface area contributed by atoms with E-state index in [2.05, 4.69) is 17.0 Å². The summed E-state index contributed by atoms with van der Waals surface area (Å²) < 4.78 is 6.90. The Kier molecular flexibility index (Phi) is 3.48. The number of carbonyl (C=O) groups is 1. The van der Waals surface area contributed by atoms with Gasteiger partial charge in [0.05, 0.1) is 12.8 Å². The van der Waals surface area contributed by atoms with Crippen molar-refractivity contribution < 1.29 is 9.53 Å². The van der Waals surface area contributed by atoms with Crippen LogP contribution in [0.4, 0.5) is 0 Å². The van der Waals surface area contributed by atoms with Gasteiger partial charge in [-0.2, -0.15) is 5.10 Å². The lowest BCUT2D eigenvalue weighted by atomic mass is 10.1. The molecule has 5 heteroatoms. The molecule has 0 atom stereocenters. The third-order valence-corrected chi connectivity index (χ3v) is 3.41. The van der Waals surface area contributed by atoms with Gasteiger partial charge in [0.15, 0.2) is 0 Å². The molecular formula is C16H17N3O2. The Hall–Kier alpha value is -2.56. The van der Waals surface area contributed by atoms with Crippen LogP contribution in [0, 0.1) is 0 Å². The number of rotatable bonds is 4. The van der Waals surface area contributed by atoms with Crippen LogP contribution in [0.15, 0.2) is 36.7 Å². The summed E-state index contributed by atoms with van der Waals surface area (Å²) in [6.45, 7) is 5.07. The average Bonchev–Trinajstić information content (AvgIpc) is 3.13. The molecule has 0 aliphatic carbocycles. The van der Waals surface area contributed by atoms with E-state index in [4.69, 9.17) is 4.74 Å². The smallest absolute Gasteiger partial charge is 0.354 e. The zero-order valence-electron chi connectivity index (χ0n) is 12.1. The van der Waals surface area contributed by atoms with E-state index >= 15 is 0 Å². The van der Waals surface area contributed by atoms with Crippen molar-refractivity contribution >= 4 is 16.9 Å². The van der Waals surface area contributed by atoms with Crippen molar-refractivity contribution in [2.24, 2.45) is 0 Å². The lowest BCUT2D eigenvalue weighted by molar-refractivity contribution is 0.0520. The second-order valence-electron chi connectivity index (χ2n) is 4.79. The Morgan fingerprint density at radius 2 is 2.14 bits per heavy atom. The first-order chi connectivity index (χ1) is 10.2. The number of aryl methyl sites for hydroxylation is 1. The molecule has 0 saturated heterocycles. The van der Waals surface area contributed by atoms with Crippen LogP contribution in [0.3, 0.4) is 0 Å². The maximum Gasteiger partial charge on any atom is 0.354 e. The van der Waals surface area contributed by atoms with Crippen molar-refractivity contribution in [2.75, 3.05) is 6.61 Å². The Balaban J connectivity index is 1.98. The lowest BCUT2D eigenvalue weighted by Gasteiger charge is -1.97. The predicted molar refractivity (Wildman–Crippen MR) is 81.2 cm³/mol. The van der Waals surface area contributed by atoms with Crippen LogP contribution >= 0.6 is 0 Å². The highest BCUT2D eigenvalue weighted by Gasteiger charge is 2.11. The van der Waals surface area contributed by atoms with E-state index in [1.165, 1.54) is 0 Å². The summed E-state index contributed by atoms with van der Waals surface area (Å²) in [5.41, 5.74) is 3.55. The van der Waals surface area contributed by atoms with Crippen LogP contribution in [-0.2, 0) is 11.3 Å². The molecule has 0 spiro atoms. The average molecular weight is 283 g/mol. The van der Waals surface area contributed by atoms with Crippen molar-refractivity contribution in [3.63, 3.8) is 0 Å². The molecule has 0 bridgehead atoms. The fourth-order valence-corrected chi connectivity index (χ4v) is 2.32. The molecule has 2 aromatic heterocycles. The number of fused-ring (bicyclic) bond motifs is 1. The van der Waals surface area contributed by atoms with Gasteiger partial charge in [-0.15, -0.1) is 0 Å². The van der Waals surface area contributed by atoms with Gasteiger partial charge in [0.25, 0.3) is 0 Å². The first-order valence-corrected chi connectivity index (χ1v) is 7.04. The van der Waals surface area contributed by atoms with Gasteiger partial charge in [0.1, 0.15) is 5.69 Å². The minimum Gasteiger partial charge on any atom is -0.461 e. The fraction of sp³-hybridized carbons (Fsp3) is 0.250. The minimum absolute atomic E-state index is 0.325. The molecular weight excluding hydrogens is 266 g/mol. The first-order valence-electron chi connectivity index (χ1n) is 7.04. The molecule has 1 N–H and O–H groups in total. The van der Waals surface area contributed by atoms with Crippen LogP contribution in [0.2, 0.25) is 0 Å². The molecule has 0 saturated carbocycles. The van der Waals surface area contributed by atoms with Crippen LogP contribution < -0.4 is 0 Å². The second kappa shape index (κ2) is 5.44. The molecule has 108 valence electrons. The molecule has 21 heavy (non-hydrogen) atoms. The number of aromatic nitrogens is 3. The van der Waals surface area contributed by atoms with E-state index in [-0.39, 0.29) is 5.97 Å². The monoisotopic (exact) mass is 283 g/mol. The molecule has 3 aromatic rings. The summed E-state index contributed by atoms with van der Waals surface area (Å²) >= 11 is 0. The van der Waals surface area contributed by atoms with Gasteiger partial charge >= 0.3 is 5.97 Å². The van der Waals surface area contributed by atoms with Gasteiger partial charge in [-0.25, -0.2) is 4.79 Å². The Labute approximate surface area is 122 Å². The number of hydrogen-bond acceptors (Lipinski definition) is 3. The molecule has 0 unspecified atom stereocenters. The number of H-pyrrole nitrogens is 1. The van der Waals surface area contributed by atoms with Crippen LogP contribution in [0.25, 0.3) is 22.0 Å². The van der Waals surface area contributed by atoms with E-state index in [1.54, 1.807) is 6.92 Å². The second-order valence-corrected chi connectivity index (χ2v) is 4.79. The highest BCUT2D eigenvalue weighted by molar-refractivity contribution is 5.96. The summed E-state index contributed by atoms with van der Waals surface area (Å²) in [6, 6.07) is 7.86. The topological polar surface area (TPSA) is 59.9 Å². The molecule has 0 fully saturated rings. The third-order valence-electron chi connectivity index (χ3n) is 3.41. The number of carbonyl (C=O) groups excluding carboxylic acids is 1. The predicted octanol–water partition coefficient (Wildman–Crippen LogP) is 3.23. The number of hydrogen-bond donors (Lipinski definition) is 1. The van der Waals surface area contributed by atoms with Gasteiger partial charge in [0, 0.05) is 29.2 Å². The molecule has 0 aliphatic heterocycles. The standard InChI is InChI=1S/C16H17N3O2/c1-3-19-10-13(9-17-19)11-5-6-14-12(7-11)8-15(18-14)16(20)21-4-2/h5-10,18H,3-4H2,1-2H3. The van der Waals surface area contributed by atoms with E-state index < -0.39 is 0 Å². The minimum atomic E-state index is -0.325. The quantitative estimate of drug-likeness (QED) is 0.748. The summed E-state index contributed by atoms with van der Waals surface area (Å²) in [6.07, 6.45) is 3.86. The van der Waals surface area contributed by atoms with Gasteiger partial charge in [0.2, 0.25) is 0 Å². The summed E-state index contributed by atoms with van der Waals surface area (Å²) in [7, 11) is 0. The Morgan fingerprint density at radius 1 is 1.29 bits per heavy atom.